The van der Waals surface area contributed by atoms with Gasteiger partial charge in [0.05, 0.1) is 6.10 Å². The highest BCUT2D eigenvalue weighted by Crippen LogP contribution is 2.30. The highest BCUT2D eigenvalue weighted by atomic mass is 16.5. The lowest BCUT2D eigenvalue weighted by Crippen LogP contribution is -2.41. The summed E-state index contributed by atoms with van der Waals surface area (Å²) in [4.78, 5) is 2.34. The van der Waals surface area contributed by atoms with Crippen LogP contribution in [0, 0.1) is 0 Å². The number of ether oxygens (including phenoxy) is 1. The van der Waals surface area contributed by atoms with Gasteiger partial charge in [-0.15, -0.1) is 0 Å². The van der Waals surface area contributed by atoms with Gasteiger partial charge >= 0.3 is 0 Å². The van der Waals surface area contributed by atoms with E-state index in [-0.39, 0.29) is 0 Å². The number of rotatable bonds is 4. The fourth-order valence-electron chi connectivity index (χ4n) is 2.84. The average Bonchev–Trinajstić information content (AvgIpc) is 2.39. The molecule has 18 heavy (non-hydrogen) atoms. The maximum atomic E-state index is 5.66. The van der Waals surface area contributed by atoms with Crippen LogP contribution >= 0.6 is 0 Å². The number of piperidine rings is 1. The molecule has 0 amide bonds. The van der Waals surface area contributed by atoms with Crippen molar-refractivity contribution in [2.24, 2.45) is 5.73 Å². The number of hydrogen-bond donors (Lipinski definition) is 1. The Hall–Kier alpha value is -0.900. The van der Waals surface area contributed by atoms with Gasteiger partial charge in [-0.25, -0.2) is 0 Å². The number of hydrogen-bond acceptors (Lipinski definition) is 3. The van der Waals surface area contributed by atoms with Gasteiger partial charge in [-0.3, -0.25) is 0 Å². The van der Waals surface area contributed by atoms with Gasteiger partial charge in [-0.1, -0.05) is 24.3 Å². The zero-order valence-electron chi connectivity index (χ0n) is 11.4. The minimum absolute atomic E-state index is 0.303. The molecule has 0 radical (unpaired) electrons. The Balaban J connectivity index is 2.16. The first-order valence-electron chi connectivity index (χ1n) is 6.75. The van der Waals surface area contributed by atoms with Crippen LogP contribution in [0.25, 0.3) is 0 Å². The summed E-state index contributed by atoms with van der Waals surface area (Å²) in [7, 11) is 3.98. The Bertz CT molecular complexity index is 381. The summed E-state index contributed by atoms with van der Waals surface area (Å²) in [5, 5.41) is 0. The first-order valence-corrected chi connectivity index (χ1v) is 6.75. The second-order valence-corrected chi connectivity index (χ2v) is 5.22. The lowest BCUT2D eigenvalue weighted by molar-refractivity contribution is 0.0233. The van der Waals surface area contributed by atoms with Crippen molar-refractivity contribution in [3.05, 3.63) is 35.4 Å². The lowest BCUT2D eigenvalue weighted by atomic mass is 9.86. The van der Waals surface area contributed by atoms with E-state index < -0.39 is 0 Å². The van der Waals surface area contributed by atoms with E-state index >= 15 is 0 Å². The monoisotopic (exact) mass is 248 g/mol. The van der Waals surface area contributed by atoms with E-state index in [2.05, 4.69) is 36.2 Å². The largest absolute Gasteiger partial charge is 0.379 e. The van der Waals surface area contributed by atoms with Crippen molar-refractivity contribution >= 4 is 0 Å². The normalized spacial score (nSPS) is 25.3. The molecule has 0 spiro atoms. The molecule has 1 saturated heterocycles. The van der Waals surface area contributed by atoms with Crippen LogP contribution in [0.4, 0.5) is 0 Å². The van der Waals surface area contributed by atoms with Crippen LogP contribution in [0.5, 0.6) is 0 Å². The van der Waals surface area contributed by atoms with E-state index in [0.29, 0.717) is 18.6 Å². The van der Waals surface area contributed by atoms with Gasteiger partial charge in [0.1, 0.15) is 0 Å². The quantitative estimate of drug-likeness (QED) is 0.880. The van der Waals surface area contributed by atoms with E-state index in [9.17, 15) is 0 Å². The van der Waals surface area contributed by atoms with Crippen molar-refractivity contribution in [1.29, 1.82) is 0 Å². The molecule has 1 aromatic rings. The molecule has 2 atom stereocenters. The lowest BCUT2D eigenvalue weighted by Gasteiger charge is -2.36. The van der Waals surface area contributed by atoms with Gasteiger partial charge in [0, 0.05) is 19.6 Å². The summed E-state index contributed by atoms with van der Waals surface area (Å²) in [6.07, 6.45) is 2.43. The number of benzene rings is 1. The van der Waals surface area contributed by atoms with Gasteiger partial charge < -0.3 is 15.4 Å². The predicted octanol–water partition coefficient (Wildman–Crippen LogP) is 1.62. The molecule has 1 fully saturated rings. The Morgan fingerprint density at radius 1 is 1.44 bits per heavy atom. The molecule has 1 aliphatic heterocycles. The van der Waals surface area contributed by atoms with Crippen molar-refractivity contribution in [1.82, 2.24) is 4.90 Å². The minimum atomic E-state index is 0.303. The van der Waals surface area contributed by atoms with Crippen LogP contribution in [-0.4, -0.2) is 44.8 Å². The predicted molar refractivity (Wildman–Crippen MR) is 74.9 cm³/mol. The summed E-state index contributed by atoms with van der Waals surface area (Å²) >= 11 is 0. The highest BCUT2D eigenvalue weighted by molar-refractivity contribution is 5.28. The molecule has 0 bridgehead atoms. The molecular formula is C15H24N2O. The number of nitrogens with two attached hydrogens (primary N) is 1. The van der Waals surface area contributed by atoms with Crippen molar-refractivity contribution in [3.8, 4) is 0 Å². The smallest absolute Gasteiger partial charge is 0.0766 e. The number of nitrogens with zero attached hydrogens (tertiary/aromatic N) is 1. The van der Waals surface area contributed by atoms with Crippen molar-refractivity contribution in [3.63, 3.8) is 0 Å². The molecule has 3 heteroatoms. The van der Waals surface area contributed by atoms with Gasteiger partial charge in [0.15, 0.2) is 0 Å². The summed E-state index contributed by atoms with van der Waals surface area (Å²) in [6.45, 7) is 2.87. The molecule has 1 aromatic carbocycles. The third kappa shape index (κ3) is 3.10. The summed E-state index contributed by atoms with van der Waals surface area (Å²) in [5.41, 5.74) is 8.37. The van der Waals surface area contributed by atoms with Crippen LogP contribution in [0.2, 0.25) is 0 Å². The molecule has 0 unspecified atom stereocenters. The molecule has 0 aromatic heterocycles. The molecule has 1 aliphatic rings. The zero-order chi connectivity index (χ0) is 13.0. The van der Waals surface area contributed by atoms with Crippen LogP contribution < -0.4 is 5.73 Å². The number of likely N-dealkylation sites (N-methyl/N-ethyl adjacent to an activating group) is 1. The molecule has 0 saturated carbocycles. The molecular weight excluding hydrogens is 224 g/mol. The second kappa shape index (κ2) is 6.32. The minimum Gasteiger partial charge on any atom is -0.379 e. The second-order valence-electron chi connectivity index (χ2n) is 5.22. The van der Waals surface area contributed by atoms with Crippen LogP contribution in [0.3, 0.4) is 0 Å². The van der Waals surface area contributed by atoms with Crippen molar-refractivity contribution < 1.29 is 4.74 Å². The first-order chi connectivity index (χ1) is 8.74. The van der Waals surface area contributed by atoms with Crippen LogP contribution in [0.15, 0.2) is 24.3 Å². The molecule has 0 aliphatic carbocycles. The fourth-order valence-corrected chi connectivity index (χ4v) is 2.84. The van der Waals surface area contributed by atoms with Gasteiger partial charge in [-0.05, 0) is 44.1 Å². The van der Waals surface area contributed by atoms with Gasteiger partial charge in [-0.2, -0.15) is 0 Å². The van der Waals surface area contributed by atoms with E-state index in [1.54, 1.807) is 0 Å². The summed E-state index contributed by atoms with van der Waals surface area (Å²) < 4.78 is 5.66. The maximum Gasteiger partial charge on any atom is 0.0766 e. The Labute approximate surface area is 110 Å². The summed E-state index contributed by atoms with van der Waals surface area (Å²) in [6, 6.07) is 8.83. The van der Waals surface area contributed by atoms with Crippen LogP contribution in [0.1, 0.15) is 23.5 Å². The van der Waals surface area contributed by atoms with Crippen molar-refractivity contribution in [2.45, 2.75) is 24.9 Å². The third-order valence-corrected chi connectivity index (χ3v) is 3.88. The topological polar surface area (TPSA) is 38.5 Å². The van der Waals surface area contributed by atoms with Crippen molar-refractivity contribution in [2.75, 3.05) is 33.8 Å². The van der Waals surface area contributed by atoms with E-state index in [4.69, 9.17) is 10.5 Å². The van der Waals surface area contributed by atoms with E-state index in [1.165, 1.54) is 17.5 Å². The Morgan fingerprint density at radius 2 is 2.28 bits per heavy atom. The number of likely N-dealkylation sites (tertiary alicyclic amines) is 1. The SMILES string of the molecule is CO[C@H]1CN(C)CC[C@@H]1c1cccc(CCN)c1. The molecule has 2 rings (SSSR count). The van der Waals surface area contributed by atoms with Gasteiger partial charge in [0.25, 0.3) is 0 Å². The average molecular weight is 248 g/mol. The molecule has 3 nitrogen and oxygen atoms in total. The van der Waals surface area contributed by atoms with Crippen LogP contribution in [-0.2, 0) is 11.2 Å². The molecule has 100 valence electrons. The standard InChI is InChI=1S/C15H24N2O/c1-17-9-7-14(15(11-17)18-2)13-5-3-4-12(10-13)6-8-16/h3-5,10,14-15H,6-9,11,16H2,1-2H3/t14-,15+/m1/s1. The summed E-state index contributed by atoms with van der Waals surface area (Å²) in [5.74, 6) is 0.518. The molecule has 2 N–H and O–H groups in total. The van der Waals surface area contributed by atoms with E-state index in [1.807, 2.05) is 7.11 Å². The Kier molecular flexibility index (Phi) is 4.75. The molecule has 1 heterocycles. The third-order valence-electron chi connectivity index (χ3n) is 3.88. The van der Waals surface area contributed by atoms with E-state index in [0.717, 1.165) is 19.5 Å². The Morgan fingerprint density at radius 3 is 3.00 bits per heavy atom. The number of methoxy groups -OCH3 is 1. The fraction of sp³-hybridized carbons (Fsp3) is 0.600. The zero-order valence-corrected chi connectivity index (χ0v) is 11.4. The van der Waals surface area contributed by atoms with Gasteiger partial charge in [0.2, 0.25) is 0 Å². The first kappa shape index (κ1) is 13.5. The highest BCUT2D eigenvalue weighted by Gasteiger charge is 2.28. The maximum absolute atomic E-state index is 5.66.